The van der Waals surface area contributed by atoms with Crippen molar-refractivity contribution in [3.8, 4) is 5.75 Å². The quantitative estimate of drug-likeness (QED) is 0.329. The standard InChI is InChI=1S/C21H22BrN3O5/c1-14-5-3-4-6-17(14)24-19(26)9-10-20(27)25-23-12-15-7-8-18(16(22)11-15)30-13-21(28)29-2/h3-8,11-12H,9-10,13H2,1-2H3,(H,24,26)(H,25,27). The molecule has 0 bridgehead atoms. The summed E-state index contributed by atoms with van der Waals surface area (Å²) < 4.78 is 10.5. The first-order chi connectivity index (χ1) is 14.4. The number of benzene rings is 2. The Balaban J connectivity index is 1.77. The summed E-state index contributed by atoms with van der Waals surface area (Å²) in [7, 11) is 1.28. The highest BCUT2D eigenvalue weighted by Gasteiger charge is 2.08. The lowest BCUT2D eigenvalue weighted by Crippen LogP contribution is -2.20. The van der Waals surface area contributed by atoms with E-state index in [0.717, 1.165) is 11.3 Å². The van der Waals surface area contributed by atoms with Gasteiger partial charge in [0, 0.05) is 18.5 Å². The molecule has 0 aliphatic rings. The molecule has 0 spiro atoms. The van der Waals surface area contributed by atoms with Gasteiger partial charge in [-0.1, -0.05) is 18.2 Å². The van der Waals surface area contributed by atoms with E-state index in [4.69, 9.17) is 4.74 Å². The molecular formula is C21H22BrN3O5. The van der Waals surface area contributed by atoms with E-state index in [2.05, 4.69) is 36.5 Å². The molecule has 9 heteroatoms. The molecule has 0 aliphatic carbocycles. The Bertz CT molecular complexity index is 946. The minimum Gasteiger partial charge on any atom is -0.481 e. The lowest BCUT2D eigenvalue weighted by Gasteiger charge is -2.08. The molecule has 2 N–H and O–H groups in total. The number of carbonyl (C=O) groups excluding carboxylic acids is 3. The van der Waals surface area contributed by atoms with Crippen LogP contribution in [0.1, 0.15) is 24.0 Å². The van der Waals surface area contributed by atoms with Crippen LogP contribution < -0.4 is 15.5 Å². The van der Waals surface area contributed by atoms with E-state index >= 15 is 0 Å². The minimum atomic E-state index is -0.483. The van der Waals surface area contributed by atoms with E-state index < -0.39 is 5.97 Å². The molecule has 0 heterocycles. The van der Waals surface area contributed by atoms with E-state index in [1.54, 1.807) is 18.2 Å². The van der Waals surface area contributed by atoms with Crippen molar-refractivity contribution in [3.63, 3.8) is 0 Å². The van der Waals surface area contributed by atoms with E-state index in [1.807, 2.05) is 31.2 Å². The van der Waals surface area contributed by atoms with Crippen molar-refractivity contribution in [3.05, 3.63) is 58.1 Å². The normalized spacial score (nSPS) is 10.5. The van der Waals surface area contributed by atoms with Gasteiger partial charge in [-0.25, -0.2) is 10.2 Å². The number of methoxy groups -OCH3 is 1. The largest absolute Gasteiger partial charge is 0.481 e. The van der Waals surface area contributed by atoms with Crippen LogP contribution in [0.3, 0.4) is 0 Å². The van der Waals surface area contributed by atoms with Gasteiger partial charge in [-0.15, -0.1) is 0 Å². The van der Waals surface area contributed by atoms with Crippen LogP contribution >= 0.6 is 15.9 Å². The molecule has 2 rings (SSSR count). The number of halogens is 1. The summed E-state index contributed by atoms with van der Waals surface area (Å²) >= 11 is 3.34. The lowest BCUT2D eigenvalue weighted by molar-refractivity contribution is -0.142. The second-order valence-electron chi connectivity index (χ2n) is 6.21. The molecule has 30 heavy (non-hydrogen) atoms. The molecule has 2 amide bonds. The number of hydrogen-bond donors (Lipinski definition) is 2. The van der Waals surface area contributed by atoms with Gasteiger partial charge in [0.2, 0.25) is 11.8 Å². The summed E-state index contributed by atoms with van der Waals surface area (Å²) in [6.45, 7) is 1.70. The summed E-state index contributed by atoms with van der Waals surface area (Å²) in [6, 6.07) is 12.5. The topological polar surface area (TPSA) is 106 Å². The van der Waals surface area contributed by atoms with Crippen LogP contribution in [0.5, 0.6) is 5.75 Å². The number of anilines is 1. The maximum atomic E-state index is 12.0. The number of esters is 1. The molecule has 0 fully saturated rings. The van der Waals surface area contributed by atoms with Crippen molar-refractivity contribution < 1.29 is 23.9 Å². The minimum absolute atomic E-state index is 0.0130. The van der Waals surface area contributed by atoms with Gasteiger partial charge in [-0.2, -0.15) is 5.10 Å². The molecule has 8 nitrogen and oxygen atoms in total. The number of aryl methyl sites for hydroxylation is 1. The van der Waals surface area contributed by atoms with Gasteiger partial charge in [0.05, 0.1) is 17.8 Å². The Morgan fingerprint density at radius 3 is 2.53 bits per heavy atom. The van der Waals surface area contributed by atoms with E-state index in [0.29, 0.717) is 15.8 Å². The Kier molecular flexibility index (Phi) is 9.02. The third-order valence-corrected chi connectivity index (χ3v) is 4.55. The zero-order chi connectivity index (χ0) is 21.9. The molecular weight excluding hydrogens is 454 g/mol. The third-order valence-electron chi connectivity index (χ3n) is 3.93. The number of carbonyl (C=O) groups is 3. The van der Waals surface area contributed by atoms with Crippen molar-refractivity contribution >= 4 is 45.6 Å². The number of ether oxygens (including phenoxy) is 2. The van der Waals surface area contributed by atoms with Gasteiger partial charge in [-0.05, 0) is 58.2 Å². The van der Waals surface area contributed by atoms with Crippen LogP contribution in [0.2, 0.25) is 0 Å². The van der Waals surface area contributed by atoms with E-state index in [-0.39, 0.29) is 31.3 Å². The average Bonchev–Trinajstić information content (AvgIpc) is 2.73. The van der Waals surface area contributed by atoms with E-state index in [9.17, 15) is 14.4 Å². The number of nitrogens with zero attached hydrogens (tertiary/aromatic N) is 1. The first-order valence-corrected chi connectivity index (χ1v) is 9.85. The van der Waals surface area contributed by atoms with Crippen LogP contribution in [0.15, 0.2) is 52.0 Å². The molecule has 0 radical (unpaired) electrons. The first kappa shape index (κ1) is 23.1. The van der Waals surface area contributed by atoms with E-state index in [1.165, 1.54) is 13.3 Å². The summed E-state index contributed by atoms with van der Waals surface area (Å²) in [5, 5.41) is 6.66. The second kappa shape index (κ2) is 11.7. The van der Waals surface area contributed by atoms with Crippen molar-refractivity contribution in [1.29, 1.82) is 0 Å². The lowest BCUT2D eigenvalue weighted by atomic mass is 10.2. The number of rotatable bonds is 9. The van der Waals surface area contributed by atoms with Gasteiger partial charge in [0.25, 0.3) is 0 Å². The van der Waals surface area contributed by atoms with Gasteiger partial charge < -0.3 is 14.8 Å². The molecule has 158 valence electrons. The molecule has 2 aromatic rings. The predicted molar refractivity (Wildman–Crippen MR) is 116 cm³/mol. The van der Waals surface area contributed by atoms with Gasteiger partial charge in [-0.3, -0.25) is 9.59 Å². The Morgan fingerprint density at radius 1 is 1.10 bits per heavy atom. The van der Waals surface area contributed by atoms with Gasteiger partial charge in [0.1, 0.15) is 5.75 Å². The third kappa shape index (κ3) is 7.67. The van der Waals surface area contributed by atoms with Crippen LogP contribution in [-0.2, 0) is 19.1 Å². The zero-order valence-corrected chi connectivity index (χ0v) is 18.2. The molecule has 0 atom stereocenters. The van der Waals surface area contributed by atoms with Crippen LogP contribution in [0, 0.1) is 6.92 Å². The van der Waals surface area contributed by atoms with Crippen LogP contribution in [0.4, 0.5) is 5.69 Å². The van der Waals surface area contributed by atoms with Crippen molar-refractivity contribution in [2.24, 2.45) is 5.10 Å². The summed E-state index contributed by atoms with van der Waals surface area (Å²) in [6.07, 6.45) is 1.52. The highest BCUT2D eigenvalue weighted by Crippen LogP contribution is 2.25. The number of hydrazone groups is 1. The SMILES string of the molecule is COC(=O)COc1ccc(C=NNC(=O)CCC(=O)Nc2ccccc2C)cc1Br. The average molecular weight is 476 g/mol. The van der Waals surface area contributed by atoms with Crippen LogP contribution in [0.25, 0.3) is 0 Å². The number of hydrogen-bond acceptors (Lipinski definition) is 6. The fraction of sp³-hybridized carbons (Fsp3) is 0.238. The molecule has 2 aromatic carbocycles. The predicted octanol–water partition coefficient (Wildman–Crippen LogP) is 3.18. The molecule has 0 aromatic heterocycles. The molecule has 0 unspecified atom stereocenters. The van der Waals surface area contributed by atoms with Gasteiger partial charge in [0.15, 0.2) is 6.61 Å². The smallest absolute Gasteiger partial charge is 0.343 e. The first-order valence-electron chi connectivity index (χ1n) is 9.05. The monoisotopic (exact) mass is 475 g/mol. The number of para-hydroxylation sites is 1. The maximum absolute atomic E-state index is 12.0. The van der Waals surface area contributed by atoms with Crippen molar-refractivity contribution in [1.82, 2.24) is 5.43 Å². The molecule has 0 saturated carbocycles. The van der Waals surface area contributed by atoms with Crippen LogP contribution in [-0.4, -0.2) is 37.7 Å². The Labute approximate surface area is 182 Å². The fourth-order valence-electron chi connectivity index (χ4n) is 2.30. The molecule has 0 saturated heterocycles. The summed E-state index contributed by atoms with van der Waals surface area (Å²) in [5.41, 5.74) is 4.76. The second-order valence-corrected chi connectivity index (χ2v) is 7.07. The Hall–Kier alpha value is -3.20. The highest BCUT2D eigenvalue weighted by atomic mass is 79.9. The number of amides is 2. The summed E-state index contributed by atoms with van der Waals surface area (Å²) in [5.74, 6) is -0.623. The highest BCUT2D eigenvalue weighted by molar-refractivity contribution is 9.10. The molecule has 0 aliphatic heterocycles. The number of nitrogens with one attached hydrogen (secondary N) is 2. The van der Waals surface area contributed by atoms with Gasteiger partial charge >= 0.3 is 5.97 Å². The fourth-order valence-corrected chi connectivity index (χ4v) is 2.81. The Morgan fingerprint density at radius 2 is 1.83 bits per heavy atom. The van der Waals surface area contributed by atoms with Crippen molar-refractivity contribution in [2.45, 2.75) is 19.8 Å². The van der Waals surface area contributed by atoms with Crippen molar-refractivity contribution in [2.75, 3.05) is 19.0 Å². The zero-order valence-electron chi connectivity index (χ0n) is 16.6. The maximum Gasteiger partial charge on any atom is 0.343 e. The summed E-state index contributed by atoms with van der Waals surface area (Å²) in [4.78, 5) is 35.0.